The van der Waals surface area contributed by atoms with Crippen LogP contribution in [-0.2, 0) is 32.7 Å². The van der Waals surface area contributed by atoms with Crippen molar-refractivity contribution in [1.82, 2.24) is 0 Å². The van der Waals surface area contributed by atoms with E-state index in [1.165, 1.54) is 0 Å². The van der Waals surface area contributed by atoms with Gasteiger partial charge in [-0.05, 0) is 30.6 Å². The van der Waals surface area contributed by atoms with E-state index in [0.29, 0.717) is 18.8 Å². The third-order valence-corrected chi connectivity index (χ3v) is 2.74. The number of halogens is 2. The maximum atomic E-state index is 12.8. The molecule has 1 rings (SSSR count). The van der Waals surface area contributed by atoms with Crippen LogP contribution in [0.2, 0.25) is 0 Å². The summed E-state index contributed by atoms with van der Waals surface area (Å²) in [5, 5.41) is 0. The van der Waals surface area contributed by atoms with Crippen molar-refractivity contribution in [1.29, 1.82) is 0 Å². The van der Waals surface area contributed by atoms with Gasteiger partial charge in [-0.3, -0.25) is 0 Å². The van der Waals surface area contributed by atoms with Crippen LogP contribution in [0.5, 0.6) is 0 Å². The Morgan fingerprint density at radius 1 is 1.13 bits per heavy atom. The molecule has 89 valence electrons. The molecule has 1 radical (unpaired) electrons. The number of hydrogen-bond acceptors (Lipinski definition) is 0. The predicted molar refractivity (Wildman–Crippen MR) is 57.4 cm³/mol. The molecule has 0 nitrogen and oxygen atoms in total. The molecule has 0 N–H and O–H groups in total. The van der Waals surface area contributed by atoms with Crippen LogP contribution >= 0.6 is 0 Å². The van der Waals surface area contributed by atoms with Crippen LogP contribution < -0.4 is 0 Å². The normalized spacial score (nSPS) is 21.4. The van der Waals surface area contributed by atoms with E-state index < -0.39 is 5.92 Å². The molecule has 0 atom stereocenters. The van der Waals surface area contributed by atoms with Crippen molar-refractivity contribution >= 4 is 0 Å². The summed E-state index contributed by atoms with van der Waals surface area (Å²) >= 11 is 0. The second-order valence-electron chi connectivity index (χ2n) is 5.56. The molecule has 1 aliphatic rings. The fourth-order valence-corrected chi connectivity index (χ4v) is 2.17. The molecule has 0 saturated heterocycles. The molecule has 0 spiro atoms. The second-order valence-corrected chi connectivity index (χ2v) is 5.56. The largest absolute Gasteiger partial charge is 0.358 e. The molecular weight excluding hydrogens is 271 g/mol. The Morgan fingerprint density at radius 3 is 1.87 bits per heavy atom. The summed E-state index contributed by atoms with van der Waals surface area (Å²) in [5.41, 5.74) is 0.289. The molecule has 0 heterocycles. The quantitative estimate of drug-likeness (QED) is 0.615. The number of alkyl halides is 2. The Labute approximate surface area is 118 Å². The van der Waals surface area contributed by atoms with Crippen molar-refractivity contribution < 1.29 is 41.5 Å². The van der Waals surface area contributed by atoms with Crippen molar-refractivity contribution in [3.63, 3.8) is 0 Å². The molecule has 0 aromatic heterocycles. The Hall–Kier alpha value is 0.964. The van der Waals surface area contributed by atoms with E-state index in [1.54, 1.807) is 0 Å². The van der Waals surface area contributed by atoms with Crippen molar-refractivity contribution in [3.8, 4) is 0 Å². The smallest absolute Gasteiger partial charge is 0.248 e. The maximum Gasteiger partial charge on any atom is 0.248 e. The minimum absolute atomic E-state index is 0. The molecular formula is C12H23F2Y-. The third kappa shape index (κ3) is 7.79. The molecule has 1 saturated carbocycles. The SMILES string of the molecule is CC(C)(C)CC1CCC(F)(F)CC1.[CH3-].[Y]. The van der Waals surface area contributed by atoms with Gasteiger partial charge in [0, 0.05) is 45.6 Å². The van der Waals surface area contributed by atoms with E-state index >= 15 is 0 Å². The topological polar surface area (TPSA) is 0 Å². The van der Waals surface area contributed by atoms with Crippen LogP contribution in [0.15, 0.2) is 0 Å². The van der Waals surface area contributed by atoms with E-state index in [1.807, 2.05) is 0 Å². The maximum absolute atomic E-state index is 12.8. The van der Waals surface area contributed by atoms with Gasteiger partial charge in [0.2, 0.25) is 5.92 Å². The van der Waals surface area contributed by atoms with E-state index in [-0.39, 0.29) is 58.4 Å². The van der Waals surface area contributed by atoms with Gasteiger partial charge in [0.15, 0.2) is 0 Å². The zero-order valence-corrected chi connectivity index (χ0v) is 13.3. The van der Waals surface area contributed by atoms with Crippen LogP contribution in [0.1, 0.15) is 52.9 Å². The van der Waals surface area contributed by atoms with Crippen LogP contribution in [0.4, 0.5) is 8.78 Å². The molecule has 0 bridgehead atoms. The summed E-state index contributed by atoms with van der Waals surface area (Å²) in [6.07, 6.45) is 2.72. The van der Waals surface area contributed by atoms with Gasteiger partial charge in [0.25, 0.3) is 0 Å². The molecule has 0 aromatic rings. The Bertz CT molecular complexity index is 163. The minimum Gasteiger partial charge on any atom is -0.358 e. The Morgan fingerprint density at radius 2 is 1.53 bits per heavy atom. The standard InChI is InChI=1S/C11H20F2.CH3.Y/c1-10(2,3)8-9-4-6-11(12,13)7-5-9;;/h9H,4-8H2,1-3H3;1H3;/q;-1;. The minimum atomic E-state index is -2.37. The molecule has 0 amide bonds. The van der Waals surface area contributed by atoms with Gasteiger partial charge in [-0.2, -0.15) is 0 Å². The second kappa shape index (κ2) is 6.64. The van der Waals surface area contributed by atoms with Crippen LogP contribution in [0.3, 0.4) is 0 Å². The average molecular weight is 294 g/mol. The van der Waals surface area contributed by atoms with Crippen LogP contribution in [-0.4, -0.2) is 5.92 Å². The molecule has 0 aliphatic heterocycles. The third-order valence-electron chi connectivity index (χ3n) is 2.74. The predicted octanol–water partition coefficient (Wildman–Crippen LogP) is 4.70. The molecule has 0 unspecified atom stereocenters. The van der Waals surface area contributed by atoms with Gasteiger partial charge in [0.05, 0.1) is 0 Å². The first-order valence-corrected chi connectivity index (χ1v) is 5.16. The van der Waals surface area contributed by atoms with Crippen LogP contribution in [0.25, 0.3) is 0 Å². The van der Waals surface area contributed by atoms with Crippen LogP contribution in [0, 0.1) is 18.8 Å². The molecule has 0 aromatic carbocycles. The molecule has 15 heavy (non-hydrogen) atoms. The average Bonchev–Trinajstić information content (AvgIpc) is 1.91. The first-order chi connectivity index (χ1) is 5.79. The van der Waals surface area contributed by atoms with Crippen molar-refractivity contribution in [2.75, 3.05) is 0 Å². The molecule has 1 aliphatic carbocycles. The zero-order chi connectivity index (χ0) is 10.1. The van der Waals surface area contributed by atoms with Gasteiger partial charge >= 0.3 is 0 Å². The molecule has 3 heteroatoms. The van der Waals surface area contributed by atoms with Gasteiger partial charge in [0.1, 0.15) is 0 Å². The van der Waals surface area contributed by atoms with E-state index in [2.05, 4.69) is 20.8 Å². The summed E-state index contributed by atoms with van der Waals surface area (Å²) in [5.74, 6) is -1.84. The summed E-state index contributed by atoms with van der Waals surface area (Å²) in [7, 11) is 0. The van der Waals surface area contributed by atoms with Crippen molar-refractivity contribution in [2.24, 2.45) is 11.3 Å². The fourth-order valence-electron chi connectivity index (χ4n) is 2.17. The first-order valence-electron chi connectivity index (χ1n) is 5.16. The van der Waals surface area contributed by atoms with Crippen molar-refractivity contribution in [3.05, 3.63) is 7.43 Å². The monoisotopic (exact) mass is 294 g/mol. The van der Waals surface area contributed by atoms with E-state index in [4.69, 9.17) is 0 Å². The van der Waals surface area contributed by atoms with E-state index in [9.17, 15) is 8.78 Å². The van der Waals surface area contributed by atoms with E-state index in [0.717, 1.165) is 6.42 Å². The van der Waals surface area contributed by atoms with Gasteiger partial charge in [-0.1, -0.05) is 20.8 Å². The zero-order valence-electron chi connectivity index (χ0n) is 10.4. The van der Waals surface area contributed by atoms with Gasteiger partial charge in [-0.15, -0.1) is 0 Å². The Balaban J connectivity index is 0. The number of rotatable bonds is 1. The summed E-state index contributed by atoms with van der Waals surface area (Å²) in [6, 6.07) is 0. The Kier molecular flexibility index (Phi) is 8.11. The van der Waals surface area contributed by atoms with Gasteiger partial charge < -0.3 is 7.43 Å². The summed E-state index contributed by atoms with van der Waals surface area (Å²) in [4.78, 5) is 0. The summed E-state index contributed by atoms with van der Waals surface area (Å²) < 4.78 is 25.6. The summed E-state index contributed by atoms with van der Waals surface area (Å²) in [6.45, 7) is 6.54. The first kappa shape index (κ1) is 18.3. The van der Waals surface area contributed by atoms with Gasteiger partial charge in [-0.25, -0.2) is 8.78 Å². The number of hydrogen-bond donors (Lipinski definition) is 0. The van der Waals surface area contributed by atoms with Crippen molar-refractivity contribution in [2.45, 2.75) is 58.8 Å². The molecule has 1 fully saturated rings. The fraction of sp³-hybridized carbons (Fsp3) is 0.917.